The number of hydrogen-bond acceptors (Lipinski definition) is 5. The fourth-order valence-electron chi connectivity index (χ4n) is 4.91. The molecule has 3 aromatic rings. The molecular formula is C32H36ClN3O4. The Morgan fingerprint density at radius 1 is 0.925 bits per heavy atom. The average Bonchev–Trinajstić information content (AvgIpc) is 2.89. The van der Waals surface area contributed by atoms with Crippen LogP contribution in [-0.2, 0) is 9.59 Å². The number of ether oxygens (including phenoxy) is 1. The summed E-state index contributed by atoms with van der Waals surface area (Å²) in [6, 6.07) is 19.3. The molecule has 1 heterocycles. The standard InChI is InChI=1S/C32H36ClN3O4/c1-20-18-28(36(21(2)37)25-14-10-23(33)11-15-25)27-17-16-26(40-31(39)32(3,4)5)19-29(27)35(20)30(38)22-8-12-24(13-9-22)34(6)7/h8-17,19-20,28H,18H2,1-7H3/t20-,28+/m1/s1. The van der Waals surface area contributed by atoms with Gasteiger partial charge in [0.15, 0.2) is 0 Å². The highest BCUT2D eigenvalue weighted by Crippen LogP contribution is 2.44. The van der Waals surface area contributed by atoms with E-state index in [4.69, 9.17) is 16.3 Å². The van der Waals surface area contributed by atoms with Gasteiger partial charge in [0.25, 0.3) is 5.91 Å². The van der Waals surface area contributed by atoms with E-state index in [0.29, 0.717) is 34.1 Å². The largest absolute Gasteiger partial charge is 0.426 e. The maximum Gasteiger partial charge on any atom is 0.316 e. The molecular weight excluding hydrogens is 526 g/mol. The van der Waals surface area contributed by atoms with E-state index < -0.39 is 5.41 Å². The number of carbonyl (C=O) groups excluding carboxylic acids is 3. The number of amides is 2. The topological polar surface area (TPSA) is 70.2 Å². The monoisotopic (exact) mass is 561 g/mol. The maximum absolute atomic E-state index is 14.0. The first-order chi connectivity index (χ1) is 18.8. The molecule has 3 aromatic carbocycles. The third kappa shape index (κ3) is 5.99. The van der Waals surface area contributed by atoms with Crippen molar-refractivity contribution in [1.82, 2.24) is 0 Å². The Labute approximate surface area is 241 Å². The van der Waals surface area contributed by atoms with E-state index in [2.05, 4.69) is 0 Å². The first-order valence-electron chi connectivity index (χ1n) is 13.3. The van der Waals surface area contributed by atoms with Crippen LogP contribution in [0, 0.1) is 5.41 Å². The molecule has 0 aromatic heterocycles. The fraction of sp³-hybridized carbons (Fsp3) is 0.344. The molecule has 4 rings (SSSR count). The third-order valence-corrected chi connectivity index (χ3v) is 7.31. The minimum Gasteiger partial charge on any atom is -0.426 e. The molecule has 40 heavy (non-hydrogen) atoms. The molecule has 0 radical (unpaired) electrons. The van der Waals surface area contributed by atoms with Crippen LogP contribution in [0.4, 0.5) is 17.1 Å². The number of hydrogen-bond donors (Lipinski definition) is 0. The second kappa shape index (κ2) is 11.3. The van der Waals surface area contributed by atoms with Crippen molar-refractivity contribution in [3.63, 3.8) is 0 Å². The Morgan fingerprint density at radius 3 is 2.08 bits per heavy atom. The molecule has 0 bridgehead atoms. The van der Waals surface area contributed by atoms with Crippen molar-refractivity contribution in [2.75, 3.05) is 28.8 Å². The molecule has 0 unspecified atom stereocenters. The number of fused-ring (bicyclic) bond motifs is 1. The van der Waals surface area contributed by atoms with Crippen LogP contribution >= 0.6 is 11.6 Å². The highest BCUT2D eigenvalue weighted by molar-refractivity contribution is 6.30. The molecule has 0 spiro atoms. The Bertz CT molecular complexity index is 1410. The molecule has 0 saturated carbocycles. The van der Waals surface area contributed by atoms with E-state index in [1.165, 1.54) is 6.92 Å². The van der Waals surface area contributed by atoms with Crippen LogP contribution in [0.25, 0.3) is 0 Å². The Hall–Kier alpha value is -3.84. The lowest BCUT2D eigenvalue weighted by atomic mass is 9.89. The molecule has 1 aliphatic heterocycles. The molecule has 0 aliphatic carbocycles. The summed E-state index contributed by atoms with van der Waals surface area (Å²) in [6.07, 6.45) is 0.512. The van der Waals surface area contributed by atoms with E-state index in [9.17, 15) is 14.4 Å². The van der Waals surface area contributed by atoms with Crippen LogP contribution in [0.1, 0.15) is 63.0 Å². The van der Waals surface area contributed by atoms with Crippen molar-refractivity contribution >= 4 is 46.4 Å². The number of nitrogens with zero attached hydrogens (tertiary/aromatic N) is 3. The zero-order chi connectivity index (χ0) is 29.4. The van der Waals surface area contributed by atoms with Crippen LogP contribution in [-0.4, -0.2) is 37.9 Å². The average molecular weight is 562 g/mol. The summed E-state index contributed by atoms with van der Waals surface area (Å²) in [6.45, 7) is 8.86. The van der Waals surface area contributed by atoms with E-state index >= 15 is 0 Å². The number of rotatable bonds is 5. The van der Waals surface area contributed by atoms with Crippen LogP contribution in [0.2, 0.25) is 5.02 Å². The van der Waals surface area contributed by atoms with E-state index in [0.717, 1.165) is 11.3 Å². The first-order valence-corrected chi connectivity index (χ1v) is 13.7. The molecule has 1 aliphatic rings. The van der Waals surface area contributed by atoms with E-state index in [1.807, 2.05) is 68.4 Å². The summed E-state index contributed by atoms with van der Waals surface area (Å²) < 4.78 is 5.72. The minimum absolute atomic E-state index is 0.132. The Morgan fingerprint density at radius 2 is 1.52 bits per heavy atom. The molecule has 2 amide bonds. The number of esters is 1. The molecule has 2 atom stereocenters. The second-order valence-corrected chi connectivity index (χ2v) is 11.9. The van der Waals surface area contributed by atoms with Gasteiger partial charge in [-0.05, 0) is 94.3 Å². The highest BCUT2D eigenvalue weighted by Gasteiger charge is 2.39. The van der Waals surface area contributed by atoms with Crippen LogP contribution in [0.15, 0.2) is 66.7 Å². The van der Waals surface area contributed by atoms with Crippen molar-refractivity contribution in [1.29, 1.82) is 0 Å². The summed E-state index contributed by atoms with van der Waals surface area (Å²) in [5.74, 6) is -0.338. The van der Waals surface area contributed by atoms with Gasteiger partial charge in [-0.3, -0.25) is 14.4 Å². The normalized spacial score (nSPS) is 16.6. The molecule has 210 valence electrons. The van der Waals surface area contributed by atoms with Crippen molar-refractivity contribution in [3.8, 4) is 5.75 Å². The van der Waals surface area contributed by atoms with Gasteiger partial charge in [0, 0.05) is 55.1 Å². The van der Waals surface area contributed by atoms with E-state index in [-0.39, 0.29) is 29.9 Å². The van der Waals surface area contributed by atoms with Gasteiger partial charge in [-0.15, -0.1) is 0 Å². The van der Waals surface area contributed by atoms with Crippen LogP contribution in [0.3, 0.4) is 0 Å². The molecule has 0 fully saturated rings. The van der Waals surface area contributed by atoms with Gasteiger partial charge in [-0.2, -0.15) is 0 Å². The second-order valence-electron chi connectivity index (χ2n) is 11.4. The van der Waals surface area contributed by atoms with Gasteiger partial charge in [0.05, 0.1) is 17.1 Å². The fourth-order valence-corrected chi connectivity index (χ4v) is 5.03. The SMILES string of the molecule is CC(=O)N(c1ccc(Cl)cc1)[C@H]1C[C@@H](C)N(C(=O)c2ccc(N(C)C)cc2)c2cc(OC(=O)C(C)(C)C)ccc21. The van der Waals surface area contributed by atoms with Crippen molar-refractivity contribution in [2.45, 2.75) is 53.1 Å². The van der Waals surface area contributed by atoms with Gasteiger partial charge in [0.2, 0.25) is 5.91 Å². The number of carbonyl (C=O) groups is 3. The molecule has 8 heteroatoms. The molecule has 0 N–H and O–H groups in total. The minimum atomic E-state index is -0.699. The van der Waals surface area contributed by atoms with E-state index in [1.54, 1.807) is 54.8 Å². The summed E-state index contributed by atoms with van der Waals surface area (Å²) in [4.78, 5) is 45.1. The van der Waals surface area contributed by atoms with Crippen molar-refractivity contribution < 1.29 is 19.1 Å². The predicted octanol–water partition coefficient (Wildman–Crippen LogP) is 6.89. The number of anilines is 3. The Kier molecular flexibility index (Phi) is 8.26. The highest BCUT2D eigenvalue weighted by atomic mass is 35.5. The van der Waals surface area contributed by atoms with Gasteiger partial charge < -0.3 is 19.4 Å². The van der Waals surface area contributed by atoms with Crippen LogP contribution < -0.4 is 19.4 Å². The van der Waals surface area contributed by atoms with Gasteiger partial charge in [-0.1, -0.05) is 17.7 Å². The smallest absolute Gasteiger partial charge is 0.316 e. The van der Waals surface area contributed by atoms with Gasteiger partial charge >= 0.3 is 5.97 Å². The lowest BCUT2D eigenvalue weighted by molar-refractivity contribution is -0.143. The third-order valence-electron chi connectivity index (χ3n) is 7.05. The predicted molar refractivity (Wildman–Crippen MR) is 161 cm³/mol. The molecule has 7 nitrogen and oxygen atoms in total. The van der Waals surface area contributed by atoms with Crippen molar-refractivity contribution in [2.24, 2.45) is 5.41 Å². The summed E-state index contributed by atoms with van der Waals surface area (Å²) in [5.41, 5.74) is 2.93. The lowest BCUT2D eigenvalue weighted by Gasteiger charge is -2.43. The summed E-state index contributed by atoms with van der Waals surface area (Å²) >= 11 is 6.12. The number of halogens is 1. The zero-order valence-corrected chi connectivity index (χ0v) is 24.8. The number of benzene rings is 3. The summed E-state index contributed by atoms with van der Waals surface area (Å²) in [5, 5.41) is 0.576. The van der Waals surface area contributed by atoms with Gasteiger partial charge in [0.1, 0.15) is 5.75 Å². The van der Waals surface area contributed by atoms with Crippen molar-refractivity contribution in [3.05, 3.63) is 82.9 Å². The lowest BCUT2D eigenvalue weighted by Crippen LogP contribution is -2.47. The zero-order valence-electron chi connectivity index (χ0n) is 24.1. The first kappa shape index (κ1) is 29.2. The Balaban J connectivity index is 1.82. The quantitative estimate of drug-likeness (QED) is 0.250. The summed E-state index contributed by atoms with van der Waals surface area (Å²) in [7, 11) is 3.89. The van der Waals surface area contributed by atoms with Crippen LogP contribution in [0.5, 0.6) is 5.75 Å². The maximum atomic E-state index is 14.0. The molecule has 0 saturated heterocycles. The van der Waals surface area contributed by atoms with Gasteiger partial charge in [-0.25, -0.2) is 0 Å².